The average molecular weight is 1070 g/mol. The molecular formula is C60H102N6O10. The number of unbranched alkanes of at least 4 members (excludes halogenated alkanes) is 22. The molecule has 16 nitrogen and oxygen atoms in total. The predicted octanol–water partition coefficient (Wildman–Crippen LogP) is 11.3. The van der Waals surface area contributed by atoms with Gasteiger partial charge in [0.25, 0.3) is 5.91 Å². The molecule has 5 atom stereocenters. The van der Waals surface area contributed by atoms with Crippen molar-refractivity contribution in [2.24, 2.45) is 5.92 Å². The van der Waals surface area contributed by atoms with Crippen molar-refractivity contribution in [1.82, 2.24) is 31.6 Å². The van der Waals surface area contributed by atoms with Crippen molar-refractivity contribution in [2.75, 3.05) is 26.3 Å². The number of para-hydroxylation sites is 1. The van der Waals surface area contributed by atoms with Gasteiger partial charge in [0.2, 0.25) is 23.6 Å². The number of H-pyrrole nitrogens is 1. The lowest BCUT2D eigenvalue weighted by molar-refractivity contribution is -0.150. The Morgan fingerprint density at radius 2 is 1.16 bits per heavy atom. The fraction of sp³-hybridized carbons (Fsp3) is 0.750. The van der Waals surface area contributed by atoms with E-state index in [1.807, 2.05) is 25.1 Å². The van der Waals surface area contributed by atoms with Crippen molar-refractivity contribution in [3.63, 3.8) is 0 Å². The largest absolute Gasteiger partial charge is 0.481 e. The van der Waals surface area contributed by atoms with Crippen LogP contribution in [0.1, 0.15) is 244 Å². The summed E-state index contributed by atoms with van der Waals surface area (Å²) in [7, 11) is 0. The number of esters is 1. The number of hydrogen-bond acceptors (Lipinski definition) is 9. The Labute approximate surface area is 456 Å². The van der Waals surface area contributed by atoms with Gasteiger partial charge >= 0.3 is 11.9 Å². The molecule has 0 unspecified atom stereocenters. The minimum atomic E-state index is -1.51. The first kappa shape index (κ1) is 67.1. The Bertz CT molecular complexity index is 1920. The maximum atomic E-state index is 13.6. The molecule has 1 aromatic carbocycles. The van der Waals surface area contributed by atoms with Crippen LogP contribution in [0.5, 0.6) is 0 Å². The Morgan fingerprint density at radius 1 is 0.605 bits per heavy atom. The fourth-order valence-electron chi connectivity index (χ4n) is 9.34. The molecule has 7 N–H and O–H groups in total. The molecule has 0 spiro atoms. The standard InChI is InChI=1S/C60H102N6O10/c1-6-10-13-16-18-20-21-23-24-27-30-37-53(67)64-47(45-75-40-39-48(34-29-26-15-12-8-3)76-56(71)38-31-28-25-22-19-17-14-11-7-2)42-62-59(73)52(41-55(69)70)65-54(68)44-63-60(74)57(46(5)9-4)66-58(72)50-43-61-51-36-33-32-35-49(50)51/h32-33,35-36,43,46-48,52,57,61H,6-31,34,37-42,44-45H2,1-5H3,(H,62,73)(H,63,74)(H,64,67)(H,65,68)(H,66,72)(H,69,70)/t46-,47-,48+,52-,57-/m0/s1. The summed E-state index contributed by atoms with van der Waals surface area (Å²) in [5.74, 6) is -4.72. The van der Waals surface area contributed by atoms with E-state index in [-0.39, 0.29) is 43.7 Å². The number of amides is 5. The summed E-state index contributed by atoms with van der Waals surface area (Å²) < 4.78 is 12.1. The highest BCUT2D eigenvalue weighted by molar-refractivity contribution is 6.08. The highest BCUT2D eigenvalue weighted by atomic mass is 16.5. The van der Waals surface area contributed by atoms with Gasteiger partial charge in [0.05, 0.1) is 37.8 Å². The number of ether oxygens (including phenoxy) is 2. The van der Waals surface area contributed by atoms with Gasteiger partial charge in [0.1, 0.15) is 18.2 Å². The number of aromatic amines is 1. The third-order valence-electron chi connectivity index (χ3n) is 14.3. The van der Waals surface area contributed by atoms with E-state index in [4.69, 9.17) is 9.47 Å². The van der Waals surface area contributed by atoms with Gasteiger partial charge in [0, 0.05) is 42.9 Å². The first-order valence-corrected chi connectivity index (χ1v) is 29.8. The molecule has 0 fully saturated rings. The van der Waals surface area contributed by atoms with Crippen molar-refractivity contribution in [3.05, 3.63) is 36.0 Å². The van der Waals surface area contributed by atoms with E-state index in [2.05, 4.69) is 52.3 Å². The molecule has 16 heteroatoms. The van der Waals surface area contributed by atoms with E-state index in [1.54, 1.807) is 19.2 Å². The molecule has 0 saturated carbocycles. The number of carbonyl (C=O) groups excluding carboxylic acids is 6. The van der Waals surface area contributed by atoms with Crippen LogP contribution < -0.4 is 26.6 Å². The molecule has 0 aliphatic carbocycles. The zero-order valence-corrected chi connectivity index (χ0v) is 47.6. The van der Waals surface area contributed by atoms with Gasteiger partial charge in [0.15, 0.2) is 0 Å². The van der Waals surface area contributed by atoms with Gasteiger partial charge in [-0.05, 0) is 37.7 Å². The monoisotopic (exact) mass is 1070 g/mol. The van der Waals surface area contributed by atoms with Gasteiger partial charge in [-0.3, -0.25) is 33.6 Å². The number of nitrogens with one attached hydrogen (secondary N) is 6. The summed E-state index contributed by atoms with van der Waals surface area (Å²) in [6.45, 7) is 9.86. The number of carbonyl (C=O) groups is 7. The van der Waals surface area contributed by atoms with Crippen LogP contribution in [0.15, 0.2) is 30.5 Å². The summed E-state index contributed by atoms with van der Waals surface area (Å²) in [6.07, 6.45) is 31.4. The van der Waals surface area contributed by atoms with Crippen molar-refractivity contribution < 1.29 is 48.1 Å². The molecule has 1 heterocycles. The highest BCUT2D eigenvalue weighted by Gasteiger charge is 2.29. The molecule has 432 valence electrons. The van der Waals surface area contributed by atoms with Crippen LogP contribution in [-0.4, -0.2) is 102 Å². The van der Waals surface area contributed by atoms with E-state index in [0.717, 1.165) is 82.6 Å². The number of aliphatic carboxylic acids is 1. The molecule has 0 radical (unpaired) electrons. The quantitative estimate of drug-likeness (QED) is 0.0245. The summed E-state index contributed by atoms with van der Waals surface area (Å²) in [4.78, 5) is 95.0. The lowest BCUT2D eigenvalue weighted by Gasteiger charge is -2.24. The number of fused-ring (bicyclic) bond motifs is 1. The molecular weight excluding hydrogens is 965 g/mol. The number of carboxylic acid groups (broad SMARTS) is 1. The topological polar surface area (TPSA) is 234 Å². The SMILES string of the molecule is CCCCCCCCCCCCCC(=O)N[C@@H](CNC(=O)[C@H](CC(=O)O)NC(=O)CNC(=O)[C@@H](NC(=O)c1c[nH]c2ccccc12)[C@@H](C)CC)COCC[C@@H](CCCCCCC)OC(=O)CCCCCCCCCCC. The number of hydrogen-bond donors (Lipinski definition) is 7. The number of carboxylic acids is 1. The molecule has 0 bridgehead atoms. The minimum absolute atomic E-state index is 0.0239. The van der Waals surface area contributed by atoms with Crippen LogP contribution in [0.4, 0.5) is 0 Å². The molecule has 2 aromatic rings. The van der Waals surface area contributed by atoms with E-state index in [9.17, 15) is 38.7 Å². The van der Waals surface area contributed by atoms with Crippen LogP contribution in [0.25, 0.3) is 10.9 Å². The van der Waals surface area contributed by atoms with Crippen molar-refractivity contribution in [2.45, 2.75) is 258 Å². The summed E-state index contributed by atoms with van der Waals surface area (Å²) in [5.41, 5.74) is 1.13. The van der Waals surface area contributed by atoms with E-state index in [0.29, 0.717) is 43.1 Å². The molecule has 0 saturated heterocycles. The van der Waals surface area contributed by atoms with Gasteiger partial charge in [-0.25, -0.2) is 0 Å². The van der Waals surface area contributed by atoms with Crippen LogP contribution >= 0.6 is 0 Å². The maximum absolute atomic E-state index is 13.6. The molecule has 0 aliphatic rings. The summed E-state index contributed by atoms with van der Waals surface area (Å²) in [5, 5.41) is 23.9. The Morgan fingerprint density at radius 3 is 1.74 bits per heavy atom. The molecule has 0 aliphatic heterocycles. The van der Waals surface area contributed by atoms with Crippen LogP contribution in [0.2, 0.25) is 0 Å². The summed E-state index contributed by atoms with van der Waals surface area (Å²) in [6, 6.07) is 4.09. The number of rotatable bonds is 48. The molecule has 1 aromatic heterocycles. The zero-order valence-electron chi connectivity index (χ0n) is 47.6. The third-order valence-corrected chi connectivity index (χ3v) is 14.3. The highest BCUT2D eigenvalue weighted by Crippen LogP contribution is 2.20. The third kappa shape index (κ3) is 31.3. The van der Waals surface area contributed by atoms with Gasteiger partial charge in [-0.2, -0.15) is 0 Å². The first-order chi connectivity index (χ1) is 36.8. The molecule has 2 rings (SSSR count). The Kier molecular flexibility index (Phi) is 38.0. The van der Waals surface area contributed by atoms with E-state index >= 15 is 0 Å². The van der Waals surface area contributed by atoms with Gasteiger partial charge in [-0.1, -0.05) is 200 Å². The molecule has 76 heavy (non-hydrogen) atoms. The second-order valence-electron chi connectivity index (χ2n) is 21.1. The maximum Gasteiger partial charge on any atom is 0.306 e. The smallest absolute Gasteiger partial charge is 0.306 e. The van der Waals surface area contributed by atoms with Crippen LogP contribution in [-0.2, 0) is 38.2 Å². The van der Waals surface area contributed by atoms with E-state index < -0.39 is 60.7 Å². The minimum Gasteiger partial charge on any atom is -0.481 e. The molecule has 5 amide bonds. The van der Waals surface area contributed by atoms with Gasteiger partial charge in [-0.15, -0.1) is 0 Å². The average Bonchev–Trinajstić information content (AvgIpc) is 3.84. The van der Waals surface area contributed by atoms with Crippen LogP contribution in [0.3, 0.4) is 0 Å². The zero-order chi connectivity index (χ0) is 55.6. The van der Waals surface area contributed by atoms with Gasteiger partial charge < -0.3 is 46.1 Å². The Balaban J connectivity index is 2.04. The normalized spacial score (nSPS) is 13.3. The first-order valence-electron chi connectivity index (χ1n) is 29.8. The Hall–Kier alpha value is -4.99. The predicted molar refractivity (Wildman–Crippen MR) is 303 cm³/mol. The second-order valence-corrected chi connectivity index (χ2v) is 21.1. The number of benzene rings is 1. The summed E-state index contributed by atoms with van der Waals surface area (Å²) >= 11 is 0. The lowest BCUT2D eigenvalue weighted by atomic mass is 9.97. The van der Waals surface area contributed by atoms with Crippen molar-refractivity contribution >= 4 is 52.4 Å². The van der Waals surface area contributed by atoms with Crippen LogP contribution in [0, 0.1) is 5.92 Å². The lowest BCUT2D eigenvalue weighted by Crippen LogP contribution is -2.55. The number of aromatic nitrogens is 1. The van der Waals surface area contributed by atoms with Crippen molar-refractivity contribution in [1.29, 1.82) is 0 Å². The fourth-order valence-corrected chi connectivity index (χ4v) is 9.34. The second kappa shape index (κ2) is 43.0. The van der Waals surface area contributed by atoms with E-state index in [1.165, 1.54) is 83.5 Å². The van der Waals surface area contributed by atoms with Crippen molar-refractivity contribution in [3.8, 4) is 0 Å².